The van der Waals surface area contributed by atoms with E-state index in [0.717, 1.165) is 19.5 Å². The average molecular weight is 363 g/mol. The molecule has 0 bridgehead atoms. The molecule has 0 unspecified atom stereocenters. The van der Waals surface area contributed by atoms with Crippen LogP contribution in [0.5, 0.6) is 0 Å². The summed E-state index contributed by atoms with van der Waals surface area (Å²) in [4.78, 5) is 2.52. The molecule has 144 valence electrons. The number of benzene rings is 2. The summed E-state index contributed by atoms with van der Waals surface area (Å²) in [5.41, 5.74) is 11.0. The summed E-state index contributed by atoms with van der Waals surface area (Å²) in [7, 11) is 0. The summed E-state index contributed by atoms with van der Waals surface area (Å²) in [6.07, 6.45) is 6.55. The predicted octanol–water partition coefficient (Wildman–Crippen LogP) is 5.91. The molecule has 0 saturated heterocycles. The molecule has 2 aromatic carbocycles. The highest BCUT2D eigenvalue weighted by Gasteiger charge is 2.43. The molecular formula is C25H34N2. The van der Waals surface area contributed by atoms with Crippen molar-refractivity contribution in [2.24, 2.45) is 0 Å². The lowest BCUT2D eigenvalue weighted by Crippen LogP contribution is -2.47. The minimum Gasteiger partial charge on any atom is -0.372 e. The third kappa shape index (κ3) is 3.26. The van der Waals surface area contributed by atoms with E-state index < -0.39 is 0 Å². The minimum atomic E-state index is -0.154. The van der Waals surface area contributed by atoms with Crippen molar-refractivity contribution in [2.75, 3.05) is 6.67 Å². The van der Waals surface area contributed by atoms with Gasteiger partial charge in [0.25, 0.3) is 0 Å². The summed E-state index contributed by atoms with van der Waals surface area (Å²) in [5, 5.41) is 3.42. The summed E-state index contributed by atoms with van der Waals surface area (Å²) in [5.74, 6) is 0. The Morgan fingerprint density at radius 3 is 1.59 bits per heavy atom. The molecule has 1 aliphatic heterocycles. The highest BCUT2D eigenvalue weighted by molar-refractivity contribution is 5.54. The average Bonchev–Trinajstić information content (AvgIpc) is 3.07. The molecule has 2 heteroatoms. The van der Waals surface area contributed by atoms with Crippen molar-refractivity contribution in [3.63, 3.8) is 0 Å². The van der Waals surface area contributed by atoms with Gasteiger partial charge in [0.2, 0.25) is 0 Å². The Kier molecular flexibility index (Phi) is 5.37. The quantitative estimate of drug-likeness (QED) is 0.711. The zero-order valence-corrected chi connectivity index (χ0v) is 18.0. The molecule has 3 rings (SSSR count). The van der Waals surface area contributed by atoms with Crippen molar-refractivity contribution in [2.45, 2.75) is 66.8 Å². The van der Waals surface area contributed by atoms with E-state index in [4.69, 9.17) is 0 Å². The van der Waals surface area contributed by atoms with Crippen molar-refractivity contribution >= 4 is 0 Å². The largest absolute Gasteiger partial charge is 0.372 e. The predicted molar refractivity (Wildman–Crippen MR) is 116 cm³/mol. The lowest BCUT2D eigenvalue weighted by atomic mass is 9.71. The van der Waals surface area contributed by atoms with E-state index in [-0.39, 0.29) is 5.54 Å². The summed E-state index contributed by atoms with van der Waals surface area (Å²) in [6, 6.07) is 9.38. The zero-order chi connectivity index (χ0) is 19.8. The van der Waals surface area contributed by atoms with Crippen LogP contribution in [0.3, 0.4) is 0 Å². The Morgan fingerprint density at radius 1 is 0.815 bits per heavy atom. The molecule has 1 N–H and O–H groups in total. The van der Waals surface area contributed by atoms with Gasteiger partial charge in [0.05, 0.1) is 12.2 Å². The van der Waals surface area contributed by atoms with Gasteiger partial charge in [0.15, 0.2) is 0 Å². The van der Waals surface area contributed by atoms with Crippen LogP contribution < -0.4 is 5.32 Å². The van der Waals surface area contributed by atoms with Crippen LogP contribution in [0.25, 0.3) is 0 Å². The Hall–Kier alpha value is -2.22. The second-order valence-corrected chi connectivity index (χ2v) is 8.31. The molecule has 0 atom stereocenters. The molecule has 0 aliphatic carbocycles. The molecule has 27 heavy (non-hydrogen) atoms. The molecule has 0 aromatic heterocycles. The topological polar surface area (TPSA) is 15.3 Å². The van der Waals surface area contributed by atoms with Crippen LogP contribution in [-0.4, -0.2) is 11.6 Å². The van der Waals surface area contributed by atoms with E-state index >= 15 is 0 Å². The first-order chi connectivity index (χ1) is 12.8. The maximum atomic E-state index is 3.42. The van der Waals surface area contributed by atoms with Gasteiger partial charge in [-0.1, -0.05) is 48.7 Å². The summed E-state index contributed by atoms with van der Waals surface area (Å²) >= 11 is 0. The Labute approximate surface area is 165 Å². The molecule has 2 nitrogen and oxygen atoms in total. The normalized spacial score (nSPS) is 14.0. The Morgan fingerprint density at radius 2 is 1.26 bits per heavy atom. The monoisotopic (exact) mass is 362 g/mol. The first-order valence-corrected chi connectivity index (χ1v) is 10.1. The number of rotatable bonds is 5. The number of nitrogens with one attached hydrogen (secondary N) is 1. The molecule has 1 heterocycles. The lowest BCUT2D eigenvalue weighted by molar-refractivity contribution is 0.178. The van der Waals surface area contributed by atoms with Crippen molar-refractivity contribution in [3.05, 3.63) is 81.2 Å². The zero-order valence-electron chi connectivity index (χ0n) is 18.0. The van der Waals surface area contributed by atoms with Crippen LogP contribution in [0.1, 0.15) is 64.3 Å². The molecule has 0 fully saturated rings. The SMILES string of the molecule is CCCC(c1c(C)cc(C)cc1C)(c1c(C)cc(C)cc1C)N1C=CNC1. The van der Waals surface area contributed by atoms with Gasteiger partial charge in [-0.25, -0.2) is 0 Å². The standard InChI is InChI=1S/C25H34N2/c1-8-9-25(27-11-10-26-16-27,23-19(4)12-17(2)13-20(23)5)24-21(6)14-18(3)15-22(24)7/h10-15,26H,8-9,16H2,1-7H3. The van der Waals surface area contributed by atoms with Gasteiger partial charge in [0.1, 0.15) is 0 Å². The van der Waals surface area contributed by atoms with Crippen LogP contribution in [0.2, 0.25) is 0 Å². The van der Waals surface area contributed by atoms with Crippen LogP contribution in [-0.2, 0) is 5.54 Å². The van der Waals surface area contributed by atoms with Gasteiger partial charge < -0.3 is 10.2 Å². The van der Waals surface area contributed by atoms with E-state index in [9.17, 15) is 0 Å². The summed E-state index contributed by atoms with van der Waals surface area (Å²) < 4.78 is 0. The van der Waals surface area contributed by atoms with Gasteiger partial charge in [-0.05, 0) is 81.3 Å². The van der Waals surface area contributed by atoms with Crippen LogP contribution >= 0.6 is 0 Å². The van der Waals surface area contributed by atoms with Crippen molar-refractivity contribution in [1.82, 2.24) is 10.2 Å². The molecule has 0 spiro atoms. The number of aryl methyl sites for hydroxylation is 6. The fraction of sp³-hybridized carbons (Fsp3) is 0.440. The first-order valence-electron chi connectivity index (χ1n) is 10.1. The smallest absolute Gasteiger partial charge is 0.0928 e. The van der Waals surface area contributed by atoms with E-state index in [1.54, 1.807) is 0 Å². The van der Waals surface area contributed by atoms with Gasteiger partial charge in [-0.2, -0.15) is 0 Å². The maximum absolute atomic E-state index is 3.42. The van der Waals surface area contributed by atoms with Crippen LogP contribution in [0.15, 0.2) is 36.7 Å². The van der Waals surface area contributed by atoms with E-state index in [1.165, 1.54) is 44.5 Å². The molecule has 2 aromatic rings. The van der Waals surface area contributed by atoms with E-state index in [2.05, 4.69) is 95.3 Å². The fourth-order valence-corrected chi connectivity index (χ4v) is 5.44. The highest BCUT2D eigenvalue weighted by Crippen LogP contribution is 2.46. The van der Waals surface area contributed by atoms with Gasteiger partial charge in [-0.15, -0.1) is 0 Å². The second-order valence-electron chi connectivity index (χ2n) is 8.31. The molecular weight excluding hydrogens is 328 g/mol. The van der Waals surface area contributed by atoms with Crippen LogP contribution in [0, 0.1) is 41.5 Å². The molecule has 0 radical (unpaired) electrons. The van der Waals surface area contributed by atoms with Gasteiger partial charge >= 0.3 is 0 Å². The number of nitrogens with zero attached hydrogens (tertiary/aromatic N) is 1. The number of hydrogen-bond acceptors (Lipinski definition) is 2. The van der Waals surface area contributed by atoms with Crippen molar-refractivity contribution in [3.8, 4) is 0 Å². The Balaban J connectivity index is 2.43. The molecule has 1 aliphatic rings. The van der Waals surface area contributed by atoms with Gasteiger partial charge in [-0.3, -0.25) is 0 Å². The van der Waals surface area contributed by atoms with Crippen molar-refractivity contribution in [1.29, 1.82) is 0 Å². The Bertz CT molecular complexity index is 772. The minimum absolute atomic E-state index is 0.154. The van der Waals surface area contributed by atoms with Gasteiger partial charge in [0, 0.05) is 12.4 Å². The second kappa shape index (κ2) is 7.42. The van der Waals surface area contributed by atoms with Crippen LogP contribution in [0.4, 0.5) is 0 Å². The fourth-order valence-electron chi connectivity index (χ4n) is 5.44. The maximum Gasteiger partial charge on any atom is 0.0928 e. The van der Waals surface area contributed by atoms with E-state index in [1.807, 2.05) is 0 Å². The first kappa shape index (κ1) is 19.5. The summed E-state index contributed by atoms with van der Waals surface area (Å²) in [6.45, 7) is 16.7. The third-order valence-electron chi connectivity index (χ3n) is 5.92. The highest BCUT2D eigenvalue weighted by atomic mass is 15.3. The molecule has 0 saturated carbocycles. The lowest BCUT2D eigenvalue weighted by Gasteiger charge is -2.46. The van der Waals surface area contributed by atoms with Crippen molar-refractivity contribution < 1.29 is 0 Å². The molecule has 0 amide bonds. The van der Waals surface area contributed by atoms with E-state index in [0.29, 0.717) is 0 Å². The third-order valence-corrected chi connectivity index (χ3v) is 5.92. The number of hydrogen-bond donors (Lipinski definition) is 1.